The fraction of sp³-hybridized carbons (Fsp3) is 0.286. The van der Waals surface area contributed by atoms with Crippen LogP contribution in [0.4, 0.5) is 5.13 Å². The van der Waals surface area contributed by atoms with Crippen molar-refractivity contribution in [3.63, 3.8) is 0 Å². The van der Waals surface area contributed by atoms with Crippen molar-refractivity contribution in [1.29, 1.82) is 0 Å². The number of rotatable bonds is 4. The number of hydrogen-bond acceptors (Lipinski definition) is 6. The van der Waals surface area contributed by atoms with Crippen LogP contribution in [0.25, 0.3) is 0 Å². The Labute approximate surface area is 89.5 Å². The van der Waals surface area contributed by atoms with E-state index in [0.717, 1.165) is 0 Å². The van der Waals surface area contributed by atoms with Crippen molar-refractivity contribution in [2.75, 3.05) is 12.3 Å². The molecule has 1 heterocycles. The van der Waals surface area contributed by atoms with Crippen molar-refractivity contribution >= 4 is 39.0 Å². The molecule has 5 nitrogen and oxygen atoms in total. The van der Waals surface area contributed by atoms with Gasteiger partial charge in [0, 0.05) is 5.38 Å². The molecule has 0 aromatic carbocycles. The van der Waals surface area contributed by atoms with Gasteiger partial charge in [0.1, 0.15) is 12.3 Å². The largest absolute Gasteiger partial charge is 0.395 e. The molecule has 0 atom stereocenters. The number of anilines is 1. The number of carbonyl (C=O) groups is 1. The summed E-state index contributed by atoms with van der Waals surface area (Å²) in [5, 5.41) is 4.77. The molecule has 1 rings (SSSR count). The van der Waals surface area contributed by atoms with Crippen LogP contribution in [0.3, 0.4) is 0 Å². The van der Waals surface area contributed by atoms with E-state index in [0.29, 0.717) is 17.4 Å². The van der Waals surface area contributed by atoms with Crippen LogP contribution in [0.5, 0.6) is 0 Å². The minimum atomic E-state index is -0.719. The SMILES string of the molecule is CCO/N=C(\C(=O)Cl)c1csc(N)n1. The standard InChI is InChI=1S/C7H8ClN3O2S/c1-2-13-11-5(6(8)12)4-3-14-7(9)10-4/h3H,2H2,1H3,(H2,9,10)/b11-5-. The lowest BCUT2D eigenvalue weighted by Crippen LogP contribution is -2.11. The number of nitrogen functional groups attached to an aromatic ring is 1. The minimum absolute atomic E-state index is 0.0264. The fourth-order valence-electron chi connectivity index (χ4n) is 0.709. The highest BCUT2D eigenvalue weighted by atomic mass is 35.5. The van der Waals surface area contributed by atoms with E-state index < -0.39 is 5.24 Å². The average Bonchev–Trinajstić information content (AvgIpc) is 2.52. The van der Waals surface area contributed by atoms with Crippen molar-refractivity contribution in [3.8, 4) is 0 Å². The van der Waals surface area contributed by atoms with Gasteiger partial charge in [-0.2, -0.15) is 0 Å². The van der Waals surface area contributed by atoms with Crippen molar-refractivity contribution in [2.24, 2.45) is 5.16 Å². The van der Waals surface area contributed by atoms with Gasteiger partial charge in [-0.3, -0.25) is 4.79 Å². The predicted molar refractivity (Wildman–Crippen MR) is 55.5 cm³/mol. The zero-order valence-corrected chi connectivity index (χ0v) is 8.93. The van der Waals surface area contributed by atoms with Gasteiger partial charge in [-0.15, -0.1) is 11.3 Å². The summed E-state index contributed by atoms with van der Waals surface area (Å²) in [7, 11) is 0. The van der Waals surface area contributed by atoms with E-state index in [1.165, 1.54) is 11.3 Å². The normalized spacial score (nSPS) is 11.4. The third-order valence-corrected chi connectivity index (χ3v) is 2.09. The highest BCUT2D eigenvalue weighted by Crippen LogP contribution is 2.13. The summed E-state index contributed by atoms with van der Waals surface area (Å²) in [6.07, 6.45) is 0. The van der Waals surface area contributed by atoms with Crippen molar-refractivity contribution < 1.29 is 9.63 Å². The van der Waals surface area contributed by atoms with Crippen molar-refractivity contribution in [2.45, 2.75) is 6.92 Å². The first-order chi connectivity index (χ1) is 6.65. The molecule has 0 aliphatic heterocycles. The van der Waals surface area contributed by atoms with E-state index in [1.54, 1.807) is 12.3 Å². The van der Waals surface area contributed by atoms with E-state index in [-0.39, 0.29) is 5.71 Å². The van der Waals surface area contributed by atoms with Gasteiger partial charge < -0.3 is 10.6 Å². The van der Waals surface area contributed by atoms with Crippen LogP contribution in [-0.4, -0.2) is 22.5 Å². The van der Waals surface area contributed by atoms with E-state index >= 15 is 0 Å². The summed E-state index contributed by atoms with van der Waals surface area (Å²) in [5.74, 6) is 0. The van der Waals surface area contributed by atoms with Gasteiger partial charge in [-0.25, -0.2) is 4.98 Å². The minimum Gasteiger partial charge on any atom is -0.395 e. The molecule has 0 amide bonds. The Bertz CT molecular complexity index is 364. The maximum atomic E-state index is 10.9. The van der Waals surface area contributed by atoms with Crippen LogP contribution in [0, 0.1) is 0 Å². The molecule has 0 spiro atoms. The molecular weight excluding hydrogens is 226 g/mol. The lowest BCUT2D eigenvalue weighted by atomic mass is 10.3. The van der Waals surface area contributed by atoms with Gasteiger partial charge in [0.2, 0.25) is 0 Å². The number of nitrogens with zero attached hydrogens (tertiary/aromatic N) is 2. The molecule has 0 radical (unpaired) electrons. The molecule has 76 valence electrons. The Kier molecular flexibility index (Phi) is 3.84. The van der Waals surface area contributed by atoms with Crippen LogP contribution >= 0.6 is 22.9 Å². The number of carbonyl (C=O) groups excluding carboxylic acids is 1. The monoisotopic (exact) mass is 233 g/mol. The zero-order chi connectivity index (χ0) is 10.6. The molecule has 7 heteroatoms. The molecule has 2 N–H and O–H groups in total. The maximum Gasteiger partial charge on any atom is 0.276 e. The van der Waals surface area contributed by atoms with E-state index in [2.05, 4.69) is 10.1 Å². The smallest absolute Gasteiger partial charge is 0.276 e. The first-order valence-electron chi connectivity index (χ1n) is 3.76. The van der Waals surface area contributed by atoms with Gasteiger partial charge in [-0.05, 0) is 18.5 Å². The lowest BCUT2D eigenvalue weighted by Gasteiger charge is -1.96. The average molecular weight is 234 g/mol. The topological polar surface area (TPSA) is 77.6 Å². The Morgan fingerprint density at radius 1 is 1.86 bits per heavy atom. The second-order valence-corrected chi connectivity index (χ2v) is 3.44. The quantitative estimate of drug-likeness (QED) is 0.482. The summed E-state index contributed by atoms with van der Waals surface area (Å²) in [4.78, 5) is 19.5. The van der Waals surface area contributed by atoms with Crippen LogP contribution in [0.2, 0.25) is 0 Å². The summed E-state index contributed by atoms with van der Waals surface area (Å²) >= 11 is 6.50. The second-order valence-electron chi connectivity index (χ2n) is 2.20. The Hall–Kier alpha value is -1.14. The van der Waals surface area contributed by atoms with Gasteiger partial charge >= 0.3 is 0 Å². The van der Waals surface area contributed by atoms with Crippen molar-refractivity contribution in [3.05, 3.63) is 11.1 Å². The number of hydrogen-bond donors (Lipinski definition) is 1. The van der Waals surface area contributed by atoms with E-state index in [9.17, 15) is 4.79 Å². The molecule has 0 saturated heterocycles. The fourth-order valence-corrected chi connectivity index (χ4v) is 1.39. The van der Waals surface area contributed by atoms with Crippen LogP contribution < -0.4 is 5.73 Å². The summed E-state index contributed by atoms with van der Waals surface area (Å²) in [5.41, 5.74) is 5.71. The molecule has 0 aliphatic carbocycles. The number of halogens is 1. The Balaban J connectivity index is 2.94. The molecule has 14 heavy (non-hydrogen) atoms. The first-order valence-corrected chi connectivity index (χ1v) is 5.02. The van der Waals surface area contributed by atoms with Gasteiger partial charge in [0.05, 0.1) is 0 Å². The second kappa shape index (κ2) is 4.92. The molecule has 0 aliphatic rings. The summed E-state index contributed by atoms with van der Waals surface area (Å²) in [6.45, 7) is 2.10. The first kappa shape index (κ1) is 10.9. The summed E-state index contributed by atoms with van der Waals surface area (Å²) in [6, 6.07) is 0. The molecule has 0 unspecified atom stereocenters. The highest BCUT2D eigenvalue weighted by Gasteiger charge is 2.15. The molecule has 1 aromatic heterocycles. The molecule has 0 bridgehead atoms. The third kappa shape index (κ3) is 2.68. The van der Waals surface area contributed by atoms with Gasteiger partial charge in [0.15, 0.2) is 10.8 Å². The van der Waals surface area contributed by atoms with E-state index in [4.69, 9.17) is 22.2 Å². The maximum absolute atomic E-state index is 10.9. The Morgan fingerprint density at radius 3 is 3.00 bits per heavy atom. The highest BCUT2D eigenvalue weighted by molar-refractivity contribution is 7.13. The Morgan fingerprint density at radius 2 is 2.57 bits per heavy atom. The molecule has 1 aromatic rings. The number of nitrogens with two attached hydrogens (primary N) is 1. The number of oxime groups is 1. The molecule has 0 fully saturated rings. The third-order valence-electron chi connectivity index (χ3n) is 1.24. The van der Waals surface area contributed by atoms with Crippen LogP contribution in [-0.2, 0) is 9.63 Å². The number of aromatic nitrogens is 1. The van der Waals surface area contributed by atoms with Gasteiger partial charge in [0.25, 0.3) is 5.24 Å². The number of thiazole rings is 1. The molecule has 0 saturated carbocycles. The predicted octanol–water partition coefficient (Wildman–Crippen LogP) is 1.23. The van der Waals surface area contributed by atoms with Crippen LogP contribution in [0.1, 0.15) is 12.6 Å². The summed E-state index contributed by atoms with van der Waals surface area (Å²) < 4.78 is 0. The van der Waals surface area contributed by atoms with Gasteiger partial charge in [-0.1, -0.05) is 5.16 Å². The molecular formula is C7H8ClN3O2S. The lowest BCUT2D eigenvalue weighted by molar-refractivity contribution is -0.106. The van der Waals surface area contributed by atoms with Crippen LogP contribution in [0.15, 0.2) is 10.5 Å². The van der Waals surface area contributed by atoms with Crippen molar-refractivity contribution in [1.82, 2.24) is 4.98 Å². The zero-order valence-electron chi connectivity index (χ0n) is 7.36. The van der Waals surface area contributed by atoms with E-state index in [1.807, 2.05) is 0 Å².